The van der Waals surface area contributed by atoms with Gasteiger partial charge in [-0.3, -0.25) is 4.98 Å². The van der Waals surface area contributed by atoms with Gasteiger partial charge in [0, 0.05) is 48.1 Å². The van der Waals surface area contributed by atoms with Crippen LogP contribution in [0.4, 0.5) is 0 Å². The zero-order chi connectivity index (χ0) is 32.8. The predicted molar refractivity (Wildman–Crippen MR) is 213 cm³/mol. The molecule has 0 amide bonds. The molecule has 2 nitrogen and oxygen atoms in total. The molecule has 0 N–H and O–H groups in total. The van der Waals surface area contributed by atoms with E-state index < -0.39 is 0 Å². The first-order chi connectivity index (χ1) is 24.8. The van der Waals surface area contributed by atoms with Gasteiger partial charge in [0.25, 0.3) is 0 Å². The molecule has 3 heteroatoms. The maximum Gasteiger partial charge on any atom is 0.136 e. The molecule has 0 aliphatic rings. The van der Waals surface area contributed by atoms with E-state index >= 15 is 0 Å². The van der Waals surface area contributed by atoms with E-state index in [4.69, 9.17) is 9.40 Å². The molecule has 232 valence electrons. The Balaban J connectivity index is 1.15. The Hall–Kier alpha value is -6.29. The van der Waals surface area contributed by atoms with Crippen LogP contribution in [0.1, 0.15) is 0 Å². The van der Waals surface area contributed by atoms with Crippen LogP contribution in [0, 0.1) is 0 Å². The second kappa shape index (κ2) is 10.6. The van der Waals surface area contributed by atoms with Gasteiger partial charge in [0.1, 0.15) is 11.2 Å². The van der Waals surface area contributed by atoms with Crippen LogP contribution in [0.25, 0.3) is 108 Å². The van der Waals surface area contributed by atoms with Crippen LogP contribution in [-0.4, -0.2) is 4.98 Å². The molecule has 8 aromatic carbocycles. The number of benzene rings is 8. The number of nitrogens with zero attached hydrogens (tertiary/aromatic N) is 1. The van der Waals surface area contributed by atoms with Crippen molar-refractivity contribution >= 4 is 85.9 Å². The molecule has 0 aliphatic carbocycles. The highest BCUT2D eigenvalue weighted by molar-refractivity contribution is 7.26. The molecule has 0 saturated heterocycles. The summed E-state index contributed by atoms with van der Waals surface area (Å²) < 4.78 is 9.08. The highest BCUT2D eigenvalue weighted by Gasteiger charge is 2.20. The second-order valence-corrected chi connectivity index (χ2v) is 14.1. The van der Waals surface area contributed by atoms with Gasteiger partial charge in [-0.2, -0.15) is 0 Å². The third-order valence-electron chi connectivity index (χ3n) is 10.3. The third-order valence-corrected chi connectivity index (χ3v) is 11.4. The SMILES string of the molecule is c1cnc2c(-c3ccc(-c4c5ccccc5c(-c5ccc6oc7ccc8sc9ccccc9c8c7c6c5)c5ccccc45)cc3)cccc2c1. The molecule has 0 spiro atoms. The number of hydrogen-bond donors (Lipinski definition) is 0. The van der Waals surface area contributed by atoms with Crippen LogP contribution in [0.2, 0.25) is 0 Å². The molecule has 0 atom stereocenters. The maximum atomic E-state index is 6.49. The van der Waals surface area contributed by atoms with Gasteiger partial charge in [-0.15, -0.1) is 11.3 Å². The van der Waals surface area contributed by atoms with E-state index in [-0.39, 0.29) is 0 Å². The van der Waals surface area contributed by atoms with Crippen molar-refractivity contribution < 1.29 is 4.42 Å². The number of rotatable bonds is 3. The van der Waals surface area contributed by atoms with Crippen LogP contribution >= 0.6 is 11.3 Å². The van der Waals surface area contributed by atoms with E-state index in [2.05, 4.69) is 152 Å². The van der Waals surface area contributed by atoms with Gasteiger partial charge in [0.15, 0.2) is 0 Å². The molecule has 3 heterocycles. The Morgan fingerprint density at radius 2 is 1.04 bits per heavy atom. The fourth-order valence-electron chi connectivity index (χ4n) is 8.14. The third kappa shape index (κ3) is 3.98. The van der Waals surface area contributed by atoms with Gasteiger partial charge < -0.3 is 4.42 Å². The summed E-state index contributed by atoms with van der Waals surface area (Å²) in [4.78, 5) is 4.71. The van der Waals surface area contributed by atoms with Crippen molar-refractivity contribution in [1.29, 1.82) is 0 Å². The highest BCUT2D eigenvalue weighted by Crippen LogP contribution is 2.47. The highest BCUT2D eigenvalue weighted by atomic mass is 32.1. The van der Waals surface area contributed by atoms with Crippen LogP contribution in [0.15, 0.2) is 168 Å². The fraction of sp³-hybridized carbons (Fsp3) is 0. The lowest BCUT2D eigenvalue weighted by atomic mass is 9.85. The molecule has 0 unspecified atom stereocenters. The van der Waals surface area contributed by atoms with E-state index in [1.165, 1.54) is 69.4 Å². The zero-order valence-corrected chi connectivity index (χ0v) is 27.7. The van der Waals surface area contributed by atoms with Gasteiger partial charge in [-0.1, -0.05) is 121 Å². The largest absolute Gasteiger partial charge is 0.456 e. The number of aromatic nitrogens is 1. The van der Waals surface area contributed by atoms with Gasteiger partial charge in [0.05, 0.1) is 5.52 Å². The predicted octanol–water partition coefficient (Wildman–Crippen LogP) is 13.8. The average Bonchev–Trinajstić information content (AvgIpc) is 3.74. The normalized spacial score (nSPS) is 12.0. The van der Waals surface area contributed by atoms with Crippen molar-refractivity contribution in [3.8, 4) is 33.4 Å². The number of hydrogen-bond acceptors (Lipinski definition) is 3. The topological polar surface area (TPSA) is 26.0 Å². The first-order valence-electron chi connectivity index (χ1n) is 16.9. The lowest BCUT2D eigenvalue weighted by molar-refractivity contribution is 0.669. The quantitative estimate of drug-likeness (QED) is 0.177. The van der Waals surface area contributed by atoms with Crippen LogP contribution in [0.5, 0.6) is 0 Å². The Morgan fingerprint density at radius 3 is 1.80 bits per heavy atom. The molecule has 0 bridgehead atoms. The van der Waals surface area contributed by atoms with Crippen molar-refractivity contribution in [2.24, 2.45) is 0 Å². The van der Waals surface area contributed by atoms with Crippen molar-refractivity contribution in [3.05, 3.63) is 164 Å². The smallest absolute Gasteiger partial charge is 0.136 e. The van der Waals surface area contributed by atoms with Crippen LogP contribution in [0.3, 0.4) is 0 Å². The molecule has 0 saturated carbocycles. The van der Waals surface area contributed by atoms with Gasteiger partial charge >= 0.3 is 0 Å². The van der Waals surface area contributed by atoms with Gasteiger partial charge in [0.2, 0.25) is 0 Å². The molecule has 0 radical (unpaired) electrons. The summed E-state index contributed by atoms with van der Waals surface area (Å²) in [5.41, 5.74) is 10.1. The monoisotopic (exact) mass is 653 g/mol. The first kappa shape index (κ1) is 27.6. The first-order valence-corrected chi connectivity index (χ1v) is 17.8. The van der Waals surface area contributed by atoms with Crippen LogP contribution < -0.4 is 0 Å². The number of para-hydroxylation sites is 1. The molecule has 50 heavy (non-hydrogen) atoms. The maximum absolute atomic E-state index is 6.49. The van der Waals surface area contributed by atoms with Crippen molar-refractivity contribution in [1.82, 2.24) is 4.98 Å². The molecule has 3 aromatic heterocycles. The van der Waals surface area contributed by atoms with E-state index in [0.717, 1.165) is 38.6 Å². The summed E-state index contributed by atoms with van der Waals surface area (Å²) in [6.07, 6.45) is 1.87. The van der Waals surface area contributed by atoms with E-state index in [9.17, 15) is 0 Å². The minimum atomic E-state index is 0.915. The fourth-order valence-corrected chi connectivity index (χ4v) is 9.26. The van der Waals surface area contributed by atoms with E-state index in [1.807, 2.05) is 23.6 Å². The number of fused-ring (bicyclic) bond motifs is 10. The molecule has 0 fully saturated rings. The minimum Gasteiger partial charge on any atom is -0.456 e. The lowest BCUT2D eigenvalue weighted by Crippen LogP contribution is -1.91. The number of pyridine rings is 1. The second-order valence-electron chi connectivity index (χ2n) is 13.0. The molecule has 11 aromatic rings. The summed E-state index contributed by atoms with van der Waals surface area (Å²) in [6, 6.07) is 57.1. The summed E-state index contributed by atoms with van der Waals surface area (Å²) in [5.74, 6) is 0. The minimum absolute atomic E-state index is 0.915. The molecular formula is C47H27NOS. The Morgan fingerprint density at radius 1 is 0.420 bits per heavy atom. The number of furan rings is 1. The van der Waals surface area contributed by atoms with E-state index in [1.54, 1.807) is 0 Å². The Kier molecular flexibility index (Phi) is 5.86. The standard InChI is InChI=1S/C47H27NOS/c1-3-13-35-33(11-1)43(29-20-18-28(19-21-29)32-16-7-9-30-10-8-26-48-47(30)32)34-12-2-4-14-36(34)44(35)31-22-23-39-38(27-31)45-40(49-39)24-25-42-46(45)37-15-5-6-17-41(37)50-42/h1-27H. The summed E-state index contributed by atoms with van der Waals surface area (Å²) in [5, 5.41) is 11.0. The Labute approximate surface area is 291 Å². The molecular weight excluding hydrogens is 627 g/mol. The van der Waals surface area contributed by atoms with Gasteiger partial charge in [-0.25, -0.2) is 0 Å². The van der Waals surface area contributed by atoms with E-state index in [0.29, 0.717) is 0 Å². The molecule has 11 rings (SSSR count). The van der Waals surface area contributed by atoms with Crippen molar-refractivity contribution in [3.63, 3.8) is 0 Å². The average molecular weight is 654 g/mol. The van der Waals surface area contributed by atoms with Crippen molar-refractivity contribution in [2.45, 2.75) is 0 Å². The lowest BCUT2D eigenvalue weighted by Gasteiger charge is -2.18. The summed E-state index contributed by atoms with van der Waals surface area (Å²) in [6.45, 7) is 0. The zero-order valence-electron chi connectivity index (χ0n) is 26.9. The van der Waals surface area contributed by atoms with Crippen molar-refractivity contribution in [2.75, 3.05) is 0 Å². The summed E-state index contributed by atoms with van der Waals surface area (Å²) >= 11 is 1.85. The van der Waals surface area contributed by atoms with Crippen LogP contribution in [-0.2, 0) is 0 Å². The number of thiophene rings is 1. The summed E-state index contributed by atoms with van der Waals surface area (Å²) in [7, 11) is 0. The Bertz CT molecular complexity index is 3090. The molecule has 0 aliphatic heterocycles. The van der Waals surface area contributed by atoms with Gasteiger partial charge in [-0.05, 0) is 85.8 Å².